The SMILES string of the molecule is C[C@@H]1CCC[C@](O)(c2ccccc2F)C1. The first-order chi connectivity index (χ1) is 7.12. The number of aliphatic hydroxyl groups is 1. The van der Waals surface area contributed by atoms with Crippen molar-refractivity contribution in [2.45, 2.75) is 38.2 Å². The number of rotatable bonds is 1. The van der Waals surface area contributed by atoms with Crippen molar-refractivity contribution in [1.82, 2.24) is 0 Å². The van der Waals surface area contributed by atoms with Crippen LogP contribution in [0.4, 0.5) is 4.39 Å². The lowest BCUT2D eigenvalue weighted by atomic mass is 9.75. The van der Waals surface area contributed by atoms with Crippen LogP contribution in [0.1, 0.15) is 38.2 Å². The summed E-state index contributed by atoms with van der Waals surface area (Å²) >= 11 is 0. The fraction of sp³-hybridized carbons (Fsp3) is 0.538. The molecule has 0 radical (unpaired) electrons. The monoisotopic (exact) mass is 208 g/mol. The summed E-state index contributed by atoms with van der Waals surface area (Å²) in [6.45, 7) is 2.12. The maximum absolute atomic E-state index is 13.6. The molecule has 0 heterocycles. The molecule has 1 aliphatic rings. The first-order valence-electron chi connectivity index (χ1n) is 5.59. The Morgan fingerprint density at radius 3 is 2.80 bits per heavy atom. The summed E-state index contributed by atoms with van der Waals surface area (Å²) in [5.74, 6) is 0.192. The lowest BCUT2D eigenvalue weighted by Gasteiger charge is -2.36. The van der Waals surface area contributed by atoms with Crippen molar-refractivity contribution < 1.29 is 9.50 Å². The summed E-state index contributed by atoms with van der Waals surface area (Å²) in [4.78, 5) is 0. The number of halogens is 1. The second kappa shape index (κ2) is 3.93. The molecule has 1 saturated carbocycles. The molecule has 1 aromatic rings. The molecule has 82 valence electrons. The van der Waals surface area contributed by atoms with Gasteiger partial charge in [-0.05, 0) is 31.2 Å². The highest BCUT2D eigenvalue weighted by Gasteiger charge is 2.35. The lowest BCUT2D eigenvalue weighted by Crippen LogP contribution is -2.32. The van der Waals surface area contributed by atoms with E-state index in [2.05, 4.69) is 6.92 Å². The van der Waals surface area contributed by atoms with E-state index in [1.165, 1.54) is 6.07 Å². The van der Waals surface area contributed by atoms with Gasteiger partial charge in [0.25, 0.3) is 0 Å². The van der Waals surface area contributed by atoms with Crippen LogP contribution in [0.15, 0.2) is 24.3 Å². The summed E-state index contributed by atoms with van der Waals surface area (Å²) in [5, 5.41) is 10.5. The van der Waals surface area contributed by atoms with Crippen LogP contribution >= 0.6 is 0 Å². The number of hydrogen-bond donors (Lipinski definition) is 1. The zero-order chi connectivity index (χ0) is 10.9. The van der Waals surface area contributed by atoms with Crippen molar-refractivity contribution >= 4 is 0 Å². The molecule has 0 saturated heterocycles. The molecule has 0 spiro atoms. The fourth-order valence-corrected chi connectivity index (χ4v) is 2.61. The average molecular weight is 208 g/mol. The molecule has 0 bridgehead atoms. The van der Waals surface area contributed by atoms with Gasteiger partial charge in [0.15, 0.2) is 0 Å². The highest BCUT2D eigenvalue weighted by Crippen LogP contribution is 2.40. The van der Waals surface area contributed by atoms with Gasteiger partial charge in [0.2, 0.25) is 0 Å². The molecule has 1 nitrogen and oxygen atoms in total. The quantitative estimate of drug-likeness (QED) is 0.751. The van der Waals surface area contributed by atoms with Crippen LogP contribution in [-0.2, 0) is 5.60 Å². The summed E-state index contributed by atoms with van der Waals surface area (Å²) in [6, 6.07) is 6.57. The van der Waals surface area contributed by atoms with E-state index < -0.39 is 5.60 Å². The largest absolute Gasteiger partial charge is 0.385 e. The molecular formula is C13H17FO. The van der Waals surface area contributed by atoms with Gasteiger partial charge in [0, 0.05) is 5.56 Å². The van der Waals surface area contributed by atoms with Gasteiger partial charge in [-0.2, -0.15) is 0 Å². The van der Waals surface area contributed by atoms with Gasteiger partial charge in [-0.15, -0.1) is 0 Å². The van der Waals surface area contributed by atoms with Crippen LogP contribution in [0.2, 0.25) is 0 Å². The minimum atomic E-state index is -0.941. The van der Waals surface area contributed by atoms with E-state index in [4.69, 9.17) is 0 Å². The van der Waals surface area contributed by atoms with Gasteiger partial charge in [-0.1, -0.05) is 31.5 Å². The first-order valence-corrected chi connectivity index (χ1v) is 5.59. The smallest absolute Gasteiger partial charge is 0.129 e. The van der Waals surface area contributed by atoms with Crippen molar-refractivity contribution in [2.75, 3.05) is 0 Å². The number of benzene rings is 1. The molecule has 1 N–H and O–H groups in total. The Labute approximate surface area is 89.9 Å². The van der Waals surface area contributed by atoms with Crippen LogP contribution in [0.25, 0.3) is 0 Å². The molecule has 0 amide bonds. The van der Waals surface area contributed by atoms with E-state index >= 15 is 0 Å². The van der Waals surface area contributed by atoms with Crippen LogP contribution < -0.4 is 0 Å². The topological polar surface area (TPSA) is 20.2 Å². The highest BCUT2D eigenvalue weighted by atomic mass is 19.1. The van der Waals surface area contributed by atoms with Crippen molar-refractivity contribution in [3.8, 4) is 0 Å². The van der Waals surface area contributed by atoms with Crippen LogP contribution in [0.5, 0.6) is 0 Å². The van der Waals surface area contributed by atoms with E-state index in [1.807, 2.05) is 0 Å². The Kier molecular flexibility index (Phi) is 2.79. The van der Waals surface area contributed by atoms with Gasteiger partial charge in [0.1, 0.15) is 5.82 Å². The second-order valence-corrected chi connectivity index (χ2v) is 4.71. The third kappa shape index (κ3) is 2.05. The van der Waals surface area contributed by atoms with Gasteiger partial charge in [0.05, 0.1) is 5.60 Å². The van der Waals surface area contributed by atoms with Crippen molar-refractivity contribution in [3.05, 3.63) is 35.6 Å². The summed E-state index contributed by atoms with van der Waals surface area (Å²) in [7, 11) is 0. The molecule has 0 aromatic heterocycles. The van der Waals surface area contributed by atoms with Crippen molar-refractivity contribution in [2.24, 2.45) is 5.92 Å². The third-order valence-corrected chi connectivity index (χ3v) is 3.35. The van der Waals surface area contributed by atoms with Crippen LogP contribution in [0.3, 0.4) is 0 Å². The first kappa shape index (κ1) is 10.6. The Bertz CT molecular complexity index is 350. The molecule has 2 atom stereocenters. The lowest BCUT2D eigenvalue weighted by molar-refractivity contribution is -0.0207. The van der Waals surface area contributed by atoms with E-state index in [1.54, 1.807) is 18.2 Å². The minimum Gasteiger partial charge on any atom is -0.385 e. The van der Waals surface area contributed by atoms with Crippen molar-refractivity contribution in [1.29, 1.82) is 0 Å². The maximum Gasteiger partial charge on any atom is 0.129 e. The zero-order valence-electron chi connectivity index (χ0n) is 9.04. The minimum absolute atomic E-state index is 0.283. The number of hydrogen-bond acceptors (Lipinski definition) is 1. The van der Waals surface area contributed by atoms with Crippen LogP contribution in [0, 0.1) is 11.7 Å². The van der Waals surface area contributed by atoms with E-state index in [9.17, 15) is 9.50 Å². The van der Waals surface area contributed by atoms with Gasteiger partial charge >= 0.3 is 0 Å². The van der Waals surface area contributed by atoms with Gasteiger partial charge in [-0.25, -0.2) is 4.39 Å². The molecule has 15 heavy (non-hydrogen) atoms. The molecule has 0 aliphatic heterocycles. The summed E-state index contributed by atoms with van der Waals surface area (Å²) in [6.07, 6.45) is 3.47. The summed E-state index contributed by atoms with van der Waals surface area (Å²) in [5.41, 5.74) is -0.472. The Hall–Kier alpha value is -0.890. The third-order valence-electron chi connectivity index (χ3n) is 3.35. The van der Waals surface area contributed by atoms with Crippen LogP contribution in [-0.4, -0.2) is 5.11 Å². The zero-order valence-corrected chi connectivity index (χ0v) is 9.04. The van der Waals surface area contributed by atoms with Gasteiger partial charge < -0.3 is 5.11 Å². The summed E-state index contributed by atoms with van der Waals surface area (Å²) < 4.78 is 13.6. The molecule has 1 aliphatic carbocycles. The normalized spacial score (nSPS) is 31.5. The molecule has 1 aromatic carbocycles. The fourth-order valence-electron chi connectivity index (χ4n) is 2.61. The Morgan fingerprint density at radius 2 is 2.13 bits per heavy atom. The predicted octanol–water partition coefficient (Wildman–Crippen LogP) is 3.22. The average Bonchev–Trinajstić information content (AvgIpc) is 2.17. The molecular weight excluding hydrogens is 191 g/mol. The predicted molar refractivity (Wildman–Crippen MR) is 57.9 cm³/mol. The second-order valence-electron chi connectivity index (χ2n) is 4.71. The Morgan fingerprint density at radius 1 is 1.40 bits per heavy atom. The molecule has 2 heteroatoms. The highest BCUT2D eigenvalue weighted by molar-refractivity contribution is 5.24. The standard InChI is InChI=1S/C13H17FO/c1-10-5-4-8-13(15,9-10)11-6-2-3-7-12(11)14/h2-3,6-7,10,15H,4-5,8-9H2,1H3/t10-,13-/m1/s1. The Balaban J connectivity index is 2.32. The van der Waals surface area contributed by atoms with Gasteiger partial charge in [-0.3, -0.25) is 0 Å². The van der Waals surface area contributed by atoms with Crippen molar-refractivity contribution in [3.63, 3.8) is 0 Å². The van der Waals surface area contributed by atoms with E-state index in [-0.39, 0.29) is 5.82 Å². The molecule has 1 fully saturated rings. The van der Waals surface area contributed by atoms with E-state index in [0.29, 0.717) is 24.3 Å². The van der Waals surface area contributed by atoms with E-state index in [0.717, 1.165) is 12.8 Å². The maximum atomic E-state index is 13.6. The molecule has 0 unspecified atom stereocenters. The molecule has 2 rings (SSSR count).